The maximum atomic E-state index is 12.2. The molecule has 0 N–H and O–H groups in total. The van der Waals surface area contributed by atoms with Gasteiger partial charge in [0.05, 0.1) is 0 Å². The first-order chi connectivity index (χ1) is 10.4. The molecule has 0 atom stereocenters. The molecule has 2 rings (SSSR count). The van der Waals surface area contributed by atoms with Crippen LogP contribution in [-0.2, 0) is 11.3 Å². The van der Waals surface area contributed by atoms with E-state index in [1.165, 1.54) is 0 Å². The SMILES string of the molecule is CC(C)C(=O)N(Cc1nc(-c2ccc(Cl)cc2)no1)C(C)C. The van der Waals surface area contributed by atoms with Gasteiger partial charge >= 0.3 is 0 Å². The second-order valence-electron chi connectivity index (χ2n) is 5.73. The normalized spacial score (nSPS) is 11.2. The Kier molecular flexibility index (Phi) is 5.19. The molecule has 2 aromatic rings. The lowest BCUT2D eigenvalue weighted by Gasteiger charge is -2.26. The highest BCUT2D eigenvalue weighted by Gasteiger charge is 2.22. The van der Waals surface area contributed by atoms with Crippen LogP contribution >= 0.6 is 11.6 Å². The third kappa shape index (κ3) is 3.85. The maximum Gasteiger partial charge on any atom is 0.246 e. The zero-order valence-electron chi connectivity index (χ0n) is 13.2. The smallest absolute Gasteiger partial charge is 0.246 e. The summed E-state index contributed by atoms with van der Waals surface area (Å²) in [5.41, 5.74) is 0.825. The quantitative estimate of drug-likeness (QED) is 0.840. The summed E-state index contributed by atoms with van der Waals surface area (Å²) in [7, 11) is 0. The molecule has 0 aliphatic carbocycles. The van der Waals surface area contributed by atoms with Gasteiger partial charge in [0.1, 0.15) is 6.54 Å². The van der Waals surface area contributed by atoms with Crippen LogP contribution in [0, 0.1) is 5.92 Å². The molecule has 1 heterocycles. The van der Waals surface area contributed by atoms with Gasteiger partial charge in [-0.25, -0.2) is 0 Å². The Morgan fingerprint density at radius 1 is 1.23 bits per heavy atom. The van der Waals surface area contributed by atoms with E-state index in [0.29, 0.717) is 23.3 Å². The molecule has 1 aromatic carbocycles. The Hall–Kier alpha value is -1.88. The Morgan fingerprint density at radius 3 is 2.41 bits per heavy atom. The topological polar surface area (TPSA) is 59.2 Å². The Morgan fingerprint density at radius 2 is 1.86 bits per heavy atom. The second-order valence-corrected chi connectivity index (χ2v) is 6.17. The van der Waals surface area contributed by atoms with E-state index in [2.05, 4.69) is 10.1 Å². The molecule has 0 aliphatic rings. The molecule has 0 saturated carbocycles. The molecule has 1 aromatic heterocycles. The van der Waals surface area contributed by atoms with Crippen LogP contribution in [0.25, 0.3) is 11.4 Å². The van der Waals surface area contributed by atoms with Crippen molar-refractivity contribution >= 4 is 17.5 Å². The van der Waals surface area contributed by atoms with Gasteiger partial charge in [0.2, 0.25) is 17.6 Å². The highest BCUT2D eigenvalue weighted by atomic mass is 35.5. The van der Waals surface area contributed by atoms with Crippen LogP contribution in [0.15, 0.2) is 28.8 Å². The molecule has 0 spiro atoms. The van der Waals surface area contributed by atoms with Gasteiger partial charge < -0.3 is 9.42 Å². The van der Waals surface area contributed by atoms with Crippen LogP contribution in [-0.4, -0.2) is 27.0 Å². The molecule has 118 valence electrons. The van der Waals surface area contributed by atoms with E-state index in [4.69, 9.17) is 16.1 Å². The molecule has 0 radical (unpaired) electrons. The number of aromatic nitrogens is 2. The van der Waals surface area contributed by atoms with Crippen LogP contribution in [0.2, 0.25) is 5.02 Å². The van der Waals surface area contributed by atoms with E-state index in [-0.39, 0.29) is 17.9 Å². The van der Waals surface area contributed by atoms with Crippen molar-refractivity contribution in [1.29, 1.82) is 0 Å². The van der Waals surface area contributed by atoms with Gasteiger partial charge in [-0.15, -0.1) is 0 Å². The summed E-state index contributed by atoms with van der Waals surface area (Å²) in [6.07, 6.45) is 0. The fourth-order valence-electron chi connectivity index (χ4n) is 2.03. The summed E-state index contributed by atoms with van der Waals surface area (Å²) in [6, 6.07) is 7.28. The fourth-order valence-corrected chi connectivity index (χ4v) is 2.15. The van der Waals surface area contributed by atoms with Gasteiger partial charge in [0, 0.05) is 22.5 Å². The second kappa shape index (κ2) is 6.92. The lowest BCUT2D eigenvalue weighted by atomic mass is 10.1. The number of hydrogen-bond acceptors (Lipinski definition) is 4. The van der Waals surface area contributed by atoms with E-state index in [9.17, 15) is 4.79 Å². The van der Waals surface area contributed by atoms with Gasteiger partial charge in [0.25, 0.3) is 0 Å². The number of benzene rings is 1. The van der Waals surface area contributed by atoms with Crippen LogP contribution in [0.1, 0.15) is 33.6 Å². The summed E-state index contributed by atoms with van der Waals surface area (Å²) >= 11 is 5.86. The van der Waals surface area contributed by atoms with Gasteiger partial charge in [0.15, 0.2) is 0 Å². The molecule has 0 aliphatic heterocycles. The van der Waals surface area contributed by atoms with Crippen molar-refractivity contribution in [3.05, 3.63) is 35.2 Å². The molecule has 0 unspecified atom stereocenters. The van der Waals surface area contributed by atoms with E-state index >= 15 is 0 Å². The summed E-state index contributed by atoms with van der Waals surface area (Å²) < 4.78 is 5.27. The average molecular weight is 322 g/mol. The largest absolute Gasteiger partial charge is 0.337 e. The van der Waals surface area contributed by atoms with E-state index in [1.807, 2.05) is 39.8 Å². The van der Waals surface area contributed by atoms with Gasteiger partial charge in [-0.2, -0.15) is 4.98 Å². The third-order valence-electron chi connectivity index (χ3n) is 3.28. The highest BCUT2D eigenvalue weighted by Crippen LogP contribution is 2.19. The summed E-state index contributed by atoms with van der Waals surface area (Å²) in [5, 5.41) is 4.62. The number of amides is 1. The first kappa shape index (κ1) is 16.5. The molecule has 0 saturated heterocycles. The molecule has 6 heteroatoms. The summed E-state index contributed by atoms with van der Waals surface area (Å²) in [6.45, 7) is 8.01. The number of carbonyl (C=O) groups is 1. The van der Waals surface area contributed by atoms with Crippen LogP contribution < -0.4 is 0 Å². The molecular weight excluding hydrogens is 302 g/mol. The standard InChI is InChI=1S/C16H20ClN3O2/c1-10(2)16(21)20(11(3)4)9-14-18-15(19-22-14)12-5-7-13(17)8-6-12/h5-8,10-11H,9H2,1-4H3. The van der Waals surface area contributed by atoms with Crippen molar-refractivity contribution in [2.75, 3.05) is 0 Å². The van der Waals surface area contributed by atoms with Gasteiger partial charge in [-0.05, 0) is 38.1 Å². The molecule has 22 heavy (non-hydrogen) atoms. The van der Waals surface area contributed by atoms with E-state index in [0.717, 1.165) is 5.56 Å². The first-order valence-electron chi connectivity index (χ1n) is 7.27. The van der Waals surface area contributed by atoms with Crippen LogP contribution in [0.4, 0.5) is 0 Å². The highest BCUT2D eigenvalue weighted by molar-refractivity contribution is 6.30. The number of carbonyl (C=O) groups excluding carboxylic acids is 1. The molecule has 1 amide bonds. The van der Waals surface area contributed by atoms with Gasteiger partial charge in [-0.1, -0.05) is 30.6 Å². The molecule has 5 nitrogen and oxygen atoms in total. The molecular formula is C16H20ClN3O2. The number of nitrogens with zero attached hydrogens (tertiary/aromatic N) is 3. The minimum Gasteiger partial charge on any atom is -0.337 e. The monoisotopic (exact) mass is 321 g/mol. The maximum absolute atomic E-state index is 12.2. The van der Waals surface area contributed by atoms with Crippen molar-refractivity contribution in [3.63, 3.8) is 0 Å². The zero-order valence-corrected chi connectivity index (χ0v) is 14.0. The number of rotatable bonds is 5. The van der Waals surface area contributed by atoms with Gasteiger partial charge in [-0.3, -0.25) is 4.79 Å². The molecule has 0 fully saturated rings. The number of hydrogen-bond donors (Lipinski definition) is 0. The van der Waals surface area contributed by atoms with Crippen molar-refractivity contribution < 1.29 is 9.32 Å². The zero-order chi connectivity index (χ0) is 16.3. The predicted octanol–water partition coefficient (Wildman–Crippen LogP) is 3.78. The summed E-state index contributed by atoms with van der Waals surface area (Å²) in [4.78, 5) is 18.3. The Labute approximate surface area is 135 Å². The van der Waals surface area contributed by atoms with Crippen molar-refractivity contribution in [2.24, 2.45) is 5.92 Å². The average Bonchev–Trinajstić information content (AvgIpc) is 2.93. The number of halogens is 1. The van der Waals surface area contributed by atoms with E-state index < -0.39 is 0 Å². The first-order valence-corrected chi connectivity index (χ1v) is 7.65. The van der Waals surface area contributed by atoms with Crippen LogP contribution in [0.5, 0.6) is 0 Å². The van der Waals surface area contributed by atoms with Crippen molar-refractivity contribution in [3.8, 4) is 11.4 Å². The third-order valence-corrected chi connectivity index (χ3v) is 3.53. The minimum absolute atomic E-state index is 0.0685. The summed E-state index contributed by atoms with van der Waals surface area (Å²) in [5.74, 6) is 0.919. The minimum atomic E-state index is -0.0685. The van der Waals surface area contributed by atoms with E-state index in [1.54, 1.807) is 17.0 Å². The Balaban J connectivity index is 2.16. The lowest BCUT2D eigenvalue weighted by molar-refractivity contribution is -0.137. The lowest BCUT2D eigenvalue weighted by Crippen LogP contribution is -2.39. The van der Waals surface area contributed by atoms with Crippen molar-refractivity contribution in [2.45, 2.75) is 40.3 Å². The van der Waals surface area contributed by atoms with Crippen LogP contribution in [0.3, 0.4) is 0 Å². The fraction of sp³-hybridized carbons (Fsp3) is 0.438. The predicted molar refractivity (Wildman–Crippen MR) is 85.3 cm³/mol. The Bertz CT molecular complexity index is 635. The molecule has 0 bridgehead atoms. The van der Waals surface area contributed by atoms with Crippen molar-refractivity contribution in [1.82, 2.24) is 15.0 Å².